The number of hydrogen-bond donors (Lipinski definition) is 0. The van der Waals surface area contributed by atoms with E-state index in [4.69, 9.17) is 0 Å². The third-order valence-corrected chi connectivity index (χ3v) is 5.30. The Balaban J connectivity index is 2.13. The van der Waals surface area contributed by atoms with E-state index >= 15 is 0 Å². The summed E-state index contributed by atoms with van der Waals surface area (Å²) in [6.45, 7) is 1.04. The van der Waals surface area contributed by atoms with Crippen LogP contribution in [0.1, 0.15) is 29.6 Å². The molecule has 1 aliphatic heterocycles. The van der Waals surface area contributed by atoms with Gasteiger partial charge in [-0.2, -0.15) is 21.6 Å². The van der Waals surface area contributed by atoms with Crippen molar-refractivity contribution in [3.63, 3.8) is 0 Å². The smallest absolute Gasteiger partial charge is 0.465 e. The van der Waals surface area contributed by atoms with Crippen molar-refractivity contribution in [3.05, 3.63) is 29.8 Å². The molecule has 3 rings (SSSR count). The fourth-order valence-corrected chi connectivity index (χ4v) is 3.39. The molecule has 0 spiro atoms. The number of hydrogen-bond acceptors (Lipinski definition) is 7. The molecule has 1 saturated heterocycles. The number of alkyl halides is 3. The molecule has 28 heavy (non-hydrogen) atoms. The lowest BCUT2D eigenvalue weighted by molar-refractivity contribution is -0.0501. The first-order valence-corrected chi connectivity index (χ1v) is 9.82. The number of nitrogens with zero attached hydrogens (tertiary/aromatic N) is 2. The standard InChI is InChI=1S/C17H17F3N2O5S/c1-26-16(23)11-5-6-13-12(9-11)10-14(22-7-3-2-4-8-22)15(21-13)27-28(24,25)17(18,19)20/h5-6,9-10H,2-4,7-8H2,1H3. The Bertz CT molecular complexity index is 1000. The van der Waals surface area contributed by atoms with Gasteiger partial charge in [0, 0.05) is 18.5 Å². The van der Waals surface area contributed by atoms with Gasteiger partial charge in [-0.05, 0) is 43.5 Å². The number of fused-ring (bicyclic) bond motifs is 1. The largest absolute Gasteiger partial charge is 0.534 e. The van der Waals surface area contributed by atoms with Crippen LogP contribution in [-0.4, -0.2) is 45.1 Å². The number of halogens is 3. The van der Waals surface area contributed by atoms with Gasteiger partial charge in [0.15, 0.2) is 0 Å². The monoisotopic (exact) mass is 418 g/mol. The topological polar surface area (TPSA) is 85.8 Å². The molecule has 0 saturated carbocycles. The first kappa shape index (κ1) is 20.2. The number of piperidine rings is 1. The molecule has 0 unspecified atom stereocenters. The zero-order valence-corrected chi connectivity index (χ0v) is 15.6. The van der Waals surface area contributed by atoms with Gasteiger partial charge >= 0.3 is 21.6 Å². The highest BCUT2D eigenvalue weighted by Crippen LogP contribution is 2.36. The first-order chi connectivity index (χ1) is 13.1. The molecule has 2 heterocycles. The van der Waals surface area contributed by atoms with Crippen LogP contribution in [0.15, 0.2) is 24.3 Å². The Hall–Kier alpha value is -2.56. The van der Waals surface area contributed by atoms with Gasteiger partial charge in [-0.25, -0.2) is 9.78 Å². The number of carbonyl (C=O) groups excluding carboxylic acids is 1. The lowest BCUT2D eigenvalue weighted by atomic mass is 10.1. The maximum atomic E-state index is 12.8. The Kier molecular flexibility index (Phi) is 5.37. The van der Waals surface area contributed by atoms with E-state index in [1.54, 1.807) is 4.90 Å². The normalized spacial score (nSPS) is 15.5. The van der Waals surface area contributed by atoms with Crippen molar-refractivity contribution in [3.8, 4) is 5.88 Å². The SMILES string of the molecule is COC(=O)c1ccc2nc(OS(=O)(=O)C(F)(F)F)c(N3CCCCC3)cc2c1. The van der Waals surface area contributed by atoms with Crippen molar-refractivity contribution in [2.45, 2.75) is 24.8 Å². The van der Waals surface area contributed by atoms with Crippen molar-refractivity contribution in [2.24, 2.45) is 0 Å². The predicted octanol–water partition coefficient (Wildman–Crippen LogP) is 3.24. The Labute approximate surface area is 159 Å². The Morgan fingerprint density at radius 1 is 1.14 bits per heavy atom. The summed E-state index contributed by atoms with van der Waals surface area (Å²) in [4.78, 5) is 17.4. The van der Waals surface area contributed by atoms with E-state index in [2.05, 4.69) is 13.9 Å². The van der Waals surface area contributed by atoms with Gasteiger partial charge in [0.05, 0.1) is 18.2 Å². The average Bonchev–Trinajstić information content (AvgIpc) is 2.66. The first-order valence-electron chi connectivity index (χ1n) is 8.41. The molecule has 1 aliphatic rings. The van der Waals surface area contributed by atoms with Crippen LogP contribution in [0.5, 0.6) is 5.88 Å². The average molecular weight is 418 g/mol. The van der Waals surface area contributed by atoms with Crippen molar-refractivity contribution in [1.29, 1.82) is 0 Å². The molecule has 11 heteroatoms. The molecule has 7 nitrogen and oxygen atoms in total. The van der Waals surface area contributed by atoms with Gasteiger partial charge in [0.1, 0.15) is 5.69 Å². The van der Waals surface area contributed by atoms with Crippen molar-refractivity contribution in [2.75, 3.05) is 25.1 Å². The van der Waals surface area contributed by atoms with E-state index in [0.29, 0.717) is 18.5 Å². The summed E-state index contributed by atoms with van der Waals surface area (Å²) in [6.07, 6.45) is 2.55. The predicted molar refractivity (Wildman–Crippen MR) is 94.7 cm³/mol. The Morgan fingerprint density at radius 3 is 2.43 bits per heavy atom. The van der Waals surface area contributed by atoms with Gasteiger partial charge in [-0.15, -0.1) is 0 Å². The number of carbonyl (C=O) groups is 1. The quantitative estimate of drug-likeness (QED) is 0.428. The number of anilines is 1. The van der Waals surface area contributed by atoms with Gasteiger partial charge in [-0.3, -0.25) is 0 Å². The summed E-state index contributed by atoms with van der Waals surface area (Å²) < 4.78 is 70.4. The van der Waals surface area contributed by atoms with Crippen LogP contribution in [-0.2, 0) is 14.9 Å². The Morgan fingerprint density at radius 2 is 1.82 bits per heavy atom. The molecule has 152 valence electrons. The van der Waals surface area contributed by atoms with Crippen LogP contribution in [0.3, 0.4) is 0 Å². The molecule has 0 aliphatic carbocycles. The molecule has 0 atom stereocenters. The molecule has 0 N–H and O–H groups in total. The molecule has 2 aromatic rings. The van der Waals surface area contributed by atoms with Crippen LogP contribution in [0.4, 0.5) is 18.9 Å². The minimum atomic E-state index is -5.87. The number of benzene rings is 1. The van der Waals surface area contributed by atoms with Crippen molar-refractivity contribution >= 4 is 32.7 Å². The van der Waals surface area contributed by atoms with Crippen LogP contribution in [0.2, 0.25) is 0 Å². The second-order valence-electron chi connectivity index (χ2n) is 6.24. The lowest BCUT2D eigenvalue weighted by Gasteiger charge is -2.29. The summed E-state index contributed by atoms with van der Waals surface area (Å²) in [5.41, 5.74) is -5.03. The molecule has 1 aromatic heterocycles. The minimum absolute atomic E-state index is 0.127. The molecule has 0 amide bonds. The number of methoxy groups -OCH3 is 1. The van der Waals surface area contributed by atoms with Crippen LogP contribution < -0.4 is 9.08 Å². The third-order valence-electron chi connectivity index (χ3n) is 4.35. The van der Waals surface area contributed by atoms with E-state index < -0.39 is 27.5 Å². The third kappa shape index (κ3) is 3.98. The number of aromatic nitrogens is 1. The summed E-state index contributed by atoms with van der Waals surface area (Å²) in [6, 6.07) is 5.71. The fraction of sp³-hybridized carbons (Fsp3) is 0.412. The summed E-state index contributed by atoms with van der Waals surface area (Å²) in [7, 11) is -4.64. The lowest BCUT2D eigenvalue weighted by Crippen LogP contribution is -2.32. The van der Waals surface area contributed by atoms with E-state index in [0.717, 1.165) is 19.3 Å². The maximum absolute atomic E-state index is 12.8. The van der Waals surface area contributed by atoms with Gasteiger partial charge in [0.2, 0.25) is 0 Å². The maximum Gasteiger partial charge on any atom is 0.534 e. The van der Waals surface area contributed by atoms with E-state index in [1.807, 2.05) is 0 Å². The number of ether oxygens (including phenoxy) is 1. The van der Waals surface area contributed by atoms with E-state index in [1.165, 1.54) is 31.4 Å². The summed E-state index contributed by atoms with van der Waals surface area (Å²) in [5.74, 6) is -1.22. The van der Waals surface area contributed by atoms with Crippen LogP contribution >= 0.6 is 0 Å². The number of esters is 1. The minimum Gasteiger partial charge on any atom is -0.465 e. The molecule has 1 aromatic carbocycles. The highest BCUT2D eigenvalue weighted by molar-refractivity contribution is 7.88. The molecule has 0 bridgehead atoms. The van der Waals surface area contributed by atoms with Crippen LogP contribution in [0.25, 0.3) is 10.9 Å². The molecule has 0 radical (unpaired) electrons. The second-order valence-corrected chi connectivity index (χ2v) is 7.78. The van der Waals surface area contributed by atoms with Crippen molar-refractivity contribution in [1.82, 2.24) is 4.98 Å². The highest BCUT2D eigenvalue weighted by atomic mass is 32.2. The zero-order valence-electron chi connectivity index (χ0n) is 14.8. The highest BCUT2D eigenvalue weighted by Gasteiger charge is 2.49. The van der Waals surface area contributed by atoms with Crippen LogP contribution in [0, 0.1) is 0 Å². The van der Waals surface area contributed by atoms with E-state index in [9.17, 15) is 26.4 Å². The molecular formula is C17H17F3N2O5S. The summed E-state index contributed by atoms with van der Waals surface area (Å²) >= 11 is 0. The van der Waals surface area contributed by atoms with Gasteiger partial charge < -0.3 is 13.8 Å². The molecule has 1 fully saturated rings. The number of rotatable bonds is 4. The number of pyridine rings is 1. The van der Waals surface area contributed by atoms with Crippen molar-refractivity contribution < 1.29 is 35.3 Å². The molecular weight excluding hydrogens is 401 g/mol. The second kappa shape index (κ2) is 7.46. The zero-order chi connectivity index (χ0) is 20.5. The van der Waals surface area contributed by atoms with E-state index in [-0.39, 0.29) is 16.8 Å². The van der Waals surface area contributed by atoms with Gasteiger partial charge in [-0.1, -0.05) is 0 Å². The fourth-order valence-electron chi connectivity index (χ4n) is 2.97. The van der Waals surface area contributed by atoms with Gasteiger partial charge in [0.25, 0.3) is 5.88 Å². The summed E-state index contributed by atoms with van der Waals surface area (Å²) in [5, 5.41) is 0.445.